The van der Waals surface area contributed by atoms with Crippen LogP contribution in [0.3, 0.4) is 0 Å². The summed E-state index contributed by atoms with van der Waals surface area (Å²) in [6, 6.07) is 26.9. The van der Waals surface area contributed by atoms with E-state index in [9.17, 15) is 18.0 Å². The van der Waals surface area contributed by atoms with Crippen LogP contribution < -0.4 is 9.62 Å². The Morgan fingerprint density at radius 3 is 2.26 bits per heavy atom. The number of sulfonamides is 1. The molecule has 47 heavy (non-hydrogen) atoms. The molecule has 1 aliphatic rings. The molecule has 0 heterocycles. The Labute approximate surface area is 281 Å². The first kappa shape index (κ1) is 34.1. The van der Waals surface area contributed by atoms with Gasteiger partial charge in [-0.1, -0.05) is 91.5 Å². The van der Waals surface area contributed by atoms with Crippen LogP contribution in [0.15, 0.2) is 108 Å². The molecule has 2 amide bonds. The average Bonchev–Trinajstić information content (AvgIpc) is 3.07. The minimum Gasteiger partial charge on any atom is -0.352 e. The number of rotatable bonds is 12. The molecule has 10 heteroatoms. The zero-order valence-corrected chi connectivity index (χ0v) is 27.9. The Bertz CT molecular complexity index is 1780. The molecule has 4 aromatic rings. The van der Waals surface area contributed by atoms with Gasteiger partial charge in [0.1, 0.15) is 18.4 Å². The summed E-state index contributed by atoms with van der Waals surface area (Å²) in [5.74, 6) is -1.53. The van der Waals surface area contributed by atoms with E-state index < -0.39 is 34.3 Å². The summed E-state index contributed by atoms with van der Waals surface area (Å²) in [6.07, 6.45) is 4.94. The van der Waals surface area contributed by atoms with Gasteiger partial charge in [0.2, 0.25) is 11.8 Å². The molecule has 1 N–H and O–H groups in total. The number of halogens is 2. The van der Waals surface area contributed by atoms with Crippen molar-refractivity contribution in [2.24, 2.45) is 0 Å². The van der Waals surface area contributed by atoms with E-state index in [-0.39, 0.29) is 41.1 Å². The molecular weight excluding hydrogens is 637 g/mol. The highest BCUT2D eigenvalue weighted by molar-refractivity contribution is 7.92. The SMILES string of the molecule is Cc1cccc(N(CC(=O)N(Cc2ccccc2F)[C@H](Cc2ccccc2)C(=O)NC2CCCCC2)S(=O)(=O)c2ccc(Cl)cc2)c1. The van der Waals surface area contributed by atoms with Crippen LogP contribution in [0, 0.1) is 12.7 Å². The first-order valence-electron chi connectivity index (χ1n) is 15.8. The Hall–Kier alpha value is -4.21. The van der Waals surface area contributed by atoms with Crippen LogP contribution in [0.25, 0.3) is 0 Å². The lowest BCUT2D eigenvalue weighted by Gasteiger charge is -2.35. The number of aryl methyl sites for hydroxylation is 1. The molecule has 0 bridgehead atoms. The second kappa shape index (κ2) is 15.6. The largest absolute Gasteiger partial charge is 0.352 e. The Kier molecular flexibility index (Phi) is 11.3. The van der Waals surface area contributed by atoms with Crippen LogP contribution in [-0.2, 0) is 32.6 Å². The number of benzene rings is 4. The standard InChI is InChI=1S/C37H39ClFN3O4S/c1-27-11-10-17-32(23-27)42(47(45,46)33-21-19-30(38)20-22-33)26-36(43)41(25-29-14-8-9-18-34(29)39)35(24-28-12-4-2-5-13-28)37(44)40-31-15-6-3-7-16-31/h2,4-5,8-14,17-23,31,35H,3,6-7,15-16,24-26H2,1H3,(H,40,44)/t35-/m1/s1. The van der Waals surface area contributed by atoms with E-state index in [0.717, 1.165) is 47.5 Å². The Balaban J connectivity index is 1.57. The van der Waals surface area contributed by atoms with Crippen molar-refractivity contribution in [2.75, 3.05) is 10.8 Å². The maximum atomic E-state index is 15.1. The molecule has 0 unspecified atom stereocenters. The van der Waals surface area contributed by atoms with E-state index in [0.29, 0.717) is 5.02 Å². The number of nitrogens with zero attached hydrogens (tertiary/aromatic N) is 2. The summed E-state index contributed by atoms with van der Waals surface area (Å²) in [4.78, 5) is 30.0. The molecule has 246 valence electrons. The van der Waals surface area contributed by atoms with Gasteiger partial charge in [0, 0.05) is 29.6 Å². The van der Waals surface area contributed by atoms with Gasteiger partial charge >= 0.3 is 0 Å². The van der Waals surface area contributed by atoms with Gasteiger partial charge in [-0.05, 0) is 73.4 Å². The van der Waals surface area contributed by atoms with Crippen LogP contribution in [-0.4, -0.2) is 43.8 Å². The fraction of sp³-hybridized carbons (Fsp3) is 0.297. The van der Waals surface area contributed by atoms with Gasteiger partial charge in [0.15, 0.2) is 0 Å². The third-order valence-electron chi connectivity index (χ3n) is 8.49. The second-order valence-electron chi connectivity index (χ2n) is 12.0. The summed E-state index contributed by atoms with van der Waals surface area (Å²) in [6.45, 7) is 0.975. The lowest BCUT2D eigenvalue weighted by molar-refractivity contribution is -0.140. The zero-order valence-electron chi connectivity index (χ0n) is 26.3. The second-order valence-corrected chi connectivity index (χ2v) is 14.3. The molecule has 0 spiro atoms. The average molecular weight is 676 g/mol. The molecule has 1 fully saturated rings. The van der Waals surface area contributed by atoms with Gasteiger partial charge in [-0.25, -0.2) is 12.8 Å². The van der Waals surface area contributed by atoms with Crippen molar-refractivity contribution >= 4 is 39.1 Å². The fourth-order valence-electron chi connectivity index (χ4n) is 5.95. The van der Waals surface area contributed by atoms with Gasteiger partial charge in [-0.2, -0.15) is 0 Å². The van der Waals surface area contributed by atoms with Gasteiger partial charge in [0.25, 0.3) is 10.0 Å². The van der Waals surface area contributed by atoms with Gasteiger partial charge in [0.05, 0.1) is 10.6 Å². The van der Waals surface area contributed by atoms with Crippen LogP contribution in [0.4, 0.5) is 10.1 Å². The first-order chi connectivity index (χ1) is 22.6. The summed E-state index contributed by atoms with van der Waals surface area (Å²) in [7, 11) is -4.27. The fourth-order valence-corrected chi connectivity index (χ4v) is 7.49. The van der Waals surface area contributed by atoms with Gasteiger partial charge in [-0.3, -0.25) is 13.9 Å². The molecule has 0 radical (unpaired) electrons. The lowest BCUT2D eigenvalue weighted by atomic mass is 9.94. The normalized spacial score (nSPS) is 14.3. The predicted octanol–water partition coefficient (Wildman–Crippen LogP) is 7.07. The van der Waals surface area contributed by atoms with Crippen molar-refractivity contribution in [3.8, 4) is 0 Å². The number of carbonyl (C=O) groups is 2. The maximum absolute atomic E-state index is 15.1. The van der Waals surface area contributed by atoms with Gasteiger partial charge in [-0.15, -0.1) is 0 Å². The van der Waals surface area contributed by atoms with Crippen molar-refractivity contribution in [1.82, 2.24) is 10.2 Å². The zero-order chi connectivity index (χ0) is 33.4. The summed E-state index contributed by atoms with van der Waals surface area (Å²) in [5.41, 5.74) is 2.10. The van der Waals surface area contributed by atoms with Gasteiger partial charge < -0.3 is 10.2 Å². The quantitative estimate of drug-likeness (QED) is 0.174. The highest BCUT2D eigenvalue weighted by Gasteiger charge is 2.35. The summed E-state index contributed by atoms with van der Waals surface area (Å²) < 4.78 is 44.5. The molecule has 1 aliphatic carbocycles. The minimum absolute atomic E-state index is 0.0333. The molecule has 7 nitrogen and oxygen atoms in total. The topological polar surface area (TPSA) is 86.8 Å². The Morgan fingerprint density at radius 2 is 1.57 bits per heavy atom. The maximum Gasteiger partial charge on any atom is 0.264 e. The molecule has 5 rings (SSSR count). The molecule has 0 saturated heterocycles. The summed E-state index contributed by atoms with van der Waals surface area (Å²) >= 11 is 6.06. The van der Waals surface area contributed by atoms with Crippen molar-refractivity contribution < 1.29 is 22.4 Å². The number of amides is 2. The number of anilines is 1. The monoisotopic (exact) mass is 675 g/mol. The van der Waals surface area contributed by atoms with Crippen LogP contribution in [0.2, 0.25) is 5.02 Å². The molecule has 0 aliphatic heterocycles. The van der Waals surface area contributed by atoms with Crippen molar-refractivity contribution in [1.29, 1.82) is 0 Å². The highest BCUT2D eigenvalue weighted by Crippen LogP contribution is 2.27. The van der Waals surface area contributed by atoms with Crippen LogP contribution in [0.5, 0.6) is 0 Å². The highest BCUT2D eigenvalue weighted by atomic mass is 35.5. The van der Waals surface area contributed by atoms with Crippen molar-refractivity contribution in [3.05, 3.63) is 131 Å². The number of hydrogen-bond donors (Lipinski definition) is 1. The van der Waals surface area contributed by atoms with E-state index in [1.54, 1.807) is 36.4 Å². The van der Waals surface area contributed by atoms with Crippen molar-refractivity contribution in [2.45, 2.75) is 69.0 Å². The molecule has 1 saturated carbocycles. The Morgan fingerprint density at radius 1 is 0.894 bits per heavy atom. The minimum atomic E-state index is -4.27. The van der Waals surface area contributed by atoms with Crippen LogP contribution >= 0.6 is 11.6 Å². The molecule has 4 aromatic carbocycles. The number of carbonyl (C=O) groups excluding carboxylic acids is 2. The molecule has 1 atom stereocenters. The lowest BCUT2D eigenvalue weighted by Crippen LogP contribution is -2.55. The van der Waals surface area contributed by atoms with Crippen LogP contribution in [0.1, 0.15) is 48.8 Å². The molecular formula is C37H39ClFN3O4S. The third kappa shape index (κ3) is 8.78. The number of hydrogen-bond acceptors (Lipinski definition) is 4. The van der Waals surface area contributed by atoms with Crippen molar-refractivity contribution in [3.63, 3.8) is 0 Å². The van der Waals surface area contributed by atoms with E-state index >= 15 is 4.39 Å². The third-order valence-corrected chi connectivity index (χ3v) is 10.5. The van der Waals surface area contributed by atoms with E-state index in [1.165, 1.54) is 35.2 Å². The smallest absolute Gasteiger partial charge is 0.264 e. The summed E-state index contributed by atoms with van der Waals surface area (Å²) in [5, 5.41) is 3.52. The number of nitrogens with one attached hydrogen (secondary N) is 1. The predicted molar refractivity (Wildman–Crippen MR) is 183 cm³/mol. The first-order valence-corrected chi connectivity index (χ1v) is 17.7. The van der Waals surface area contributed by atoms with E-state index in [4.69, 9.17) is 11.6 Å². The van der Waals surface area contributed by atoms with E-state index in [2.05, 4.69) is 5.32 Å². The van der Waals surface area contributed by atoms with E-state index in [1.807, 2.05) is 43.3 Å². The molecule has 0 aromatic heterocycles.